The Balaban J connectivity index is 1.80. The number of rotatable bonds is 2. The Hall–Kier alpha value is -0.710. The van der Waals surface area contributed by atoms with E-state index in [4.69, 9.17) is 11.6 Å². The lowest BCUT2D eigenvalue weighted by molar-refractivity contribution is 0.684. The minimum atomic E-state index is -0.111. The summed E-state index contributed by atoms with van der Waals surface area (Å²) in [6.45, 7) is 0. The highest BCUT2D eigenvalue weighted by molar-refractivity contribution is 14.1. The van der Waals surface area contributed by atoms with Crippen LogP contribution < -0.4 is 10.6 Å². The smallest absolute Gasteiger partial charge is 0.266 e. The summed E-state index contributed by atoms with van der Waals surface area (Å²) in [6.07, 6.45) is 1.66. The molecule has 23 heavy (non-hydrogen) atoms. The lowest BCUT2D eigenvalue weighted by Crippen LogP contribution is -2.27. The molecule has 3 rings (SSSR count). The molecule has 1 aromatic carbocycles. The van der Waals surface area contributed by atoms with Crippen molar-refractivity contribution in [1.29, 1.82) is 0 Å². The summed E-state index contributed by atoms with van der Waals surface area (Å²) in [6, 6.07) is 5.99. The third-order valence-corrected chi connectivity index (χ3v) is 6.46. The van der Waals surface area contributed by atoms with E-state index in [1.807, 2.05) is 25.2 Å². The zero-order chi connectivity index (χ0) is 16.6. The Morgan fingerprint density at radius 2 is 2.17 bits per heavy atom. The van der Waals surface area contributed by atoms with E-state index in [2.05, 4.69) is 32.8 Å². The van der Waals surface area contributed by atoms with E-state index in [1.165, 1.54) is 16.4 Å². The Labute approximate surface area is 160 Å². The van der Waals surface area contributed by atoms with Gasteiger partial charge in [-0.05, 0) is 40.3 Å². The molecule has 2 heterocycles. The molecule has 0 spiro atoms. The number of hydrogen-bond donors (Lipinski definition) is 0. The van der Waals surface area contributed by atoms with Crippen molar-refractivity contribution in [2.75, 3.05) is 12.1 Å². The van der Waals surface area contributed by atoms with Gasteiger partial charge in [-0.1, -0.05) is 41.2 Å². The van der Waals surface area contributed by atoms with Crippen molar-refractivity contribution < 1.29 is 0 Å². The van der Waals surface area contributed by atoms with Crippen LogP contribution in [-0.4, -0.2) is 21.2 Å². The highest BCUT2D eigenvalue weighted by Crippen LogP contribution is 2.37. The molecule has 1 aromatic heterocycles. The molecule has 0 radical (unpaired) electrons. The molecular formula is C14H12ClIN4OS2. The van der Waals surface area contributed by atoms with Gasteiger partial charge in [0.15, 0.2) is 4.38 Å². The third-order valence-electron chi connectivity index (χ3n) is 3.21. The van der Waals surface area contributed by atoms with Crippen LogP contribution >= 0.6 is 57.7 Å². The van der Waals surface area contributed by atoms with Gasteiger partial charge in [0.1, 0.15) is 4.90 Å². The van der Waals surface area contributed by atoms with Crippen molar-refractivity contribution in [2.24, 2.45) is 12.1 Å². The number of aromatic nitrogens is 2. The number of hydrogen-bond acceptors (Lipinski definition) is 6. The lowest BCUT2D eigenvalue weighted by atomic mass is 10.2. The van der Waals surface area contributed by atoms with Crippen LogP contribution in [0.2, 0.25) is 5.02 Å². The van der Waals surface area contributed by atoms with E-state index >= 15 is 0 Å². The maximum Gasteiger partial charge on any atom is 0.282 e. The van der Waals surface area contributed by atoms with Gasteiger partial charge in [0, 0.05) is 28.4 Å². The van der Waals surface area contributed by atoms with E-state index in [1.54, 1.807) is 30.0 Å². The molecule has 1 aliphatic heterocycles. The summed E-state index contributed by atoms with van der Waals surface area (Å²) in [5.74, 6) is 0.705. The molecule has 0 saturated carbocycles. The van der Waals surface area contributed by atoms with Gasteiger partial charge >= 0.3 is 0 Å². The second-order valence-corrected chi connectivity index (χ2v) is 8.68. The molecule has 120 valence electrons. The summed E-state index contributed by atoms with van der Waals surface area (Å²) in [4.78, 5) is 12.9. The normalized spacial score (nSPS) is 13.7. The van der Waals surface area contributed by atoms with Gasteiger partial charge in [-0.3, -0.25) is 9.80 Å². The largest absolute Gasteiger partial charge is 0.282 e. The first-order chi connectivity index (χ1) is 11.0. The van der Waals surface area contributed by atoms with Crippen molar-refractivity contribution in [1.82, 2.24) is 9.78 Å². The number of nitrogens with zero attached hydrogens (tertiary/aromatic N) is 4. The maximum absolute atomic E-state index is 12.2. The SMILES string of the molecule is CN1N=C(SCc2ccc(I)cc2Cl)Sc2c1cnn(C)c2=O. The standard InChI is InChI=1S/C14H12ClIN4OS2/c1-19-11-6-17-20(2)13(21)12(11)23-14(18-19)22-7-8-3-4-9(16)5-10(8)15/h3-6H,7H2,1-2H3. The van der Waals surface area contributed by atoms with Gasteiger partial charge in [0.25, 0.3) is 5.56 Å². The summed E-state index contributed by atoms with van der Waals surface area (Å²) in [7, 11) is 3.46. The average molecular weight is 479 g/mol. The van der Waals surface area contributed by atoms with Crippen LogP contribution in [0, 0.1) is 3.57 Å². The van der Waals surface area contributed by atoms with Crippen LogP contribution in [0.5, 0.6) is 0 Å². The Morgan fingerprint density at radius 1 is 1.39 bits per heavy atom. The molecule has 0 unspecified atom stereocenters. The predicted molar refractivity (Wildman–Crippen MR) is 107 cm³/mol. The zero-order valence-corrected chi connectivity index (χ0v) is 16.8. The first-order valence-electron chi connectivity index (χ1n) is 6.59. The zero-order valence-electron chi connectivity index (χ0n) is 12.3. The molecule has 9 heteroatoms. The fourth-order valence-corrected chi connectivity index (χ4v) is 5.18. The highest BCUT2D eigenvalue weighted by atomic mass is 127. The first-order valence-corrected chi connectivity index (χ1v) is 9.85. The van der Waals surface area contributed by atoms with Crippen LogP contribution in [-0.2, 0) is 12.8 Å². The monoisotopic (exact) mass is 478 g/mol. The second kappa shape index (κ2) is 7.04. The number of benzene rings is 1. The molecule has 2 aromatic rings. The number of hydrazone groups is 1. The fraction of sp³-hybridized carbons (Fsp3) is 0.214. The van der Waals surface area contributed by atoms with Crippen molar-refractivity contribution in [3.63, 3.8) is 0 Å². The van der Waals surface area contributed by atoms with Crippen LogP contribution in [0.3, 0.4) is 0 Å². The van der Waals surface area contributed by atoms with Gasteiger partial charge in [-0.25, -0.2) is 4.68 Å². The number of aryl methyl sites for hydroxylation is 1. The highest BCUT2D eigenvalue weighted by Gasteiger charge is 2.22. The van der Waals surface area contributed by atoms with Crippen LogP contribution in [0.15, 0.2) is 39.2 Å². The molecule has 0 saturated heterocycles. The summed E-state index contributed by atoms with van der Waals surface area (Å²) in [5, 5.41) is 11.0. The quantitative estimate of drug-likeness (QED) is 0.615. The van der Waals surface area contributed by atoms with Gasteiger partial charge in [-0.15, -0.1) is 0 Å². The van der Waals surface area contributed by atoms with Gasteiger partial charge < -0.3 is 0 Å². The molecule has 5 nitrogen and oxygen atoms in total. The predicted octanol–water partition coefficient (Wildman–Crippen LogP) is 3.78. The number of anilines is 1. The van der Waals surface area contributed by atoms with Gasteiger partial charge in [0.2, 0.25) is 0 Å². The first kappa shape index (κ1) is 17.1. The summed E-state index contributed by atoms with van der Waals surface area (Å²) >= 11 is 11.5. The maximum atomic E-state index is 12.2. The molecule has 0 N–H and O–H groups in total. The second-order valence-electron chi connectivity index (χ2n) is 4.80. The fourth-order valence-electron chi connectivity index (χ4n) is 1.96. The van der Waals surface area contributed by atoms with Gasteiger partial charge in [-0.2, -0.15) is 10.2 Å². The number of halogens is 2. The van der Waals surface area contributed by atoms with E-state index in [-0.39, 0.29) is 5.56 Å². The summed E-state index contributed by atoms with van der Waals surface area (Å²) < 4.78 is 3.26. The molecule has 0 atom stereocenters. The number of fused-ring (bicyclic) bond motifs is 1. The topological polar surface area (TPSA) is 50.5 Å². The van der Waals surface area contributed by atoms with Crippen LogP contribution in [0.25, 0.3) is 0 Å². The molecular weight excluding hydrogens is 467 g/mol. The van der Waals surface area contributed by atoms with E-state index in [0.717, 1.165) is 24.2 Å². The molecule has 0 fully saturated rings. The minimum Gasteiger partial charge on any atom is -0.266 e. The van der Waals surface area contributed by atoms with E-state index in [9.17, 15) is 4.79 Å². The van der Waals surface area contributed by atoms with Crippen molar-refractivity contribution in [3.05, 3.63) is 48.9 Å². The molecule has 0 aliphatic carbocycles. The Morgan fingerprint density at radius 3 is 2.91 bits per heavy atom. The van der Waals surface area contributed by atoms with Crippen molar-refractivity contribution in [3.8, 4) is 0 Å². The van der Waals surface area contributed by atoms with Crippen molar-refractivity contribution >= 4 is 67.8 Å². The Bertz CT molecular complexity index is 855. The molecule has 0 bridgehead atoms. The molecule has 0 amide bonds. The summed E-state index contributed by atoms with van der Waals surface area (Å²) in [5.41, 5.74) is 1.67. The average Bonchev–Trinajstić information content (AvgIpc) is 2.50. The number of thioether (sulfide) groups is 2. The Kier molecular flexibility index (Phi) is 5.24. The van der Waals surface area contributed by atoms with Gasteiger partial charge in [0.05, 0.1) is 11.9 Å². The van der Waals surface area contributed by atoms with E-state index in [0.29, 0.717) is 10.6 Å². The lowest BCUT2D eigenvalue weighted by Gasteiger charge is -2.22. The minimum absolute atomic E-state index is 0.111. The molecule has 1 aliphatic rings. The third kappa shape index (κ3) is 3.70. The van der Waals surface area contributed by atoms with Crippen LogP contribution in [0.4, 0.5) is 5.69 Å². The van der Waals surface area contributed by atoms with E-state index < -0.39 is 0 Å². The van der Waals surface area contributed by atoms with Crippen molar-refractivity contribution in [2.45, 2.75) is 10.6 Å². The van der Waals surface area contributed by atoms with Crippen LogP contribution in [0.1, 0.15) is 5.56 Å².